The molecule has 1 amide bonds. The van der Waals surface area contributed by atoms with E-state index in [0.717, 1.165) is 34.1 Å². The predicted octanol–water partition coefficient (Wildman–Crippen LogP) is 3.54. The molecule has 0 aliphatic heterocycles. The fourth-order valence-electron chi connectivity index (χ4n) is 2.41. The summed E-state index contributed by atoms with van der Waals surface area (Å²) in [5.74, 6) is 0.729. The highest BCUT2D eigenvalue weighted by Crippen LogP contribution is 2.15. The topological polar surface area (TPSA) is 64.1 Å². The number of aromatic nitrogens is 2. The quantitative estimate of drug-likeness (QED) is 0.661. The van der Waals surface area contributed by atoms with E-state index < -0.39 is 0 Å². The summed E-state index contributed by atoms with van der Waals surface area (Å²) in [4.78, 5) is 20.8. The van der Waals surface area contributed by atoms with Crippen LogP contribution in [0.15, 0.2) is 54.0 Å². The van der Waals surface area contributed by atoms with Crippen molar-refractivity contribution in [2.24, 2.45) is 0 Å². The van der Waals surface area contributed by atoms with Gasteiger partial charge in [-0.15, -0.1) is 11.3 Å². The normalized spacial score (nSPS) is 10.5. The number of aryl methyl sites for hydroxylation is 1. The highest BCUT2D eigenvalue weighted by molar-refractivity contribution is 7.09. The molecule has 26 heavy (non-hydrogen) atoms. The number of rotatable bonds is 8. The lowest BCUT2D eigenvalue weighted by Gasteiger charge is -2.09. The maximum atomic E-state index is 12.1. The van der Waals surface area contributed by atoms with Crippen molar-refractivity contribution in [2.45, 2.75) is 32.9 Å². The zero-order valence-electron chi connectivity index (χ0n) is 14.6. The first-order chi connectivity index (χ1) is 12.7. The van der Waals surface area contributed by atoms with Crippen LogP contribution in [0, 0.1) is 0 Å². The Bertz CT molecular complexity index is 849. The molecule has 0 aliphatic carbocycles. The molecule has 3 rings (SSSR count). The Balaban J connectivity index is 1.49. The number of thiazole rings is 1. The number of carbonyl (C=O) groups is 1. The minimum Gasteiger partial charge on any atom is -0.487 e. The average molecular weight is 367 g/mol. The number of hydrogen-bond acceptors (Lipinski definition) is 5. The van der Waals surface area contributed by atoms with Gasteiger partial charge in [0.05, 0.1) is 22.8 Å². The second-order valence-electron chi connectivity index (χ2n) is 5.80. The van der Waals surface area contributed by atoms with Crippen LogP contribution in [0.4, 0.5) is 0 Å². The standard InChI is InChI=1S/C20H21N3O2S/c1-2-20-23-17(14-26-20)11-19(24)22-12-15-6-5-8-18(10-15)25-13-16-7-3-4-9-21-16/h3-10,14H,2,11-13H2,1H3,(H,22,24). The fraction of sp³-hybridized carbons (Fsp3) is 0.250. The van der Waals surface area contributed by atoms with Gasteiger partial charge in [0.25, 0.3) is 0 Å². The lowest BCUT2D eigenvalue weighted by atomic mass is 10.2. The minimum atomic E-state index is -0.0299. The molecule has 0 unspecified atom stereocenters. The van der Waals surface area contributed by atoms with Crippen LogP contribution in [0.3, 0.4) is 0 Å². The van der Waals surface area contributed by atoms with Crippen LogP contribution in [0.5, 0.6) is 5.75 Å². The van der Waals surface area contributed by atoms with Crippen LogP contribution in [-0.4, -0.2) is 15.9 Å². The van der Waals surface area contributed by atoms with E-state index in [0.29, 0.717) is 19.6 Å². The van der Waals surface area contributed by atoms with Gasteiger partial charge in [0.2, 0.25) is 5.91 Å². The van der Waals surface area contributed by atoms with Gasteiger partial charge < -0.3 is 10.1 Å². The lowest BCUT2D eigenvalue weighted by Crippen LogP contribution is -2.24. The molecule has 2 heterocycles. The van der Waals surface area contributed by atoms with Crippen molar-refractivity contribution in [3.8, 4) is 5.75 Å². The summed E-state index contributed by atoms with van der Waals surface area (Å²) >= 11 is 1.60. The number of hydrogen-bond donors (Lipinski definition) is 1. The molecule has 3 aromatic rings. The zero-order chi connectivity index (χ0) is 18.2. The van der Waals surface area contributed by atoms with Crippen LogP contribution < -0.4 is 10.1 Å². The van der Waals surface area contributed by atoms with Crippen LogP contribution in [-0.2, 0) is 30.8 Å². The molecule has 0 saturated carbocycles. The van der Waals surface area contributed by atoms with Gasteiger partial charge in [-0.1, -0.05) is 25.1 Å². The third-order valence-corrected chi connectivity index (χ3v) is 4.79. The number of amides is 1. The molecule has 5 nitrogen and oxygen atoms in total. The second-order valence-corrected chi connectivity index (χ2v) is 6.74. The number of carbonyl (C=O) groups excluding carboxylic acids is 1. The minimum absolute atomic E-state index is 0.0299. The van der Waals surface area contributed by atoms with E-state index >= 15 is 0 Å². The van der Waals surface area contributed by atoms with Crippen molar-refractivity contribution in [3.63, 3.8) is 0 Å². The van der Waals surface area contributed by atoms with Crippen LogP contribution >= 0.6 is 11.3 Å². The SMILES string of the molecule is CCc1nc(CC(=O)NCc2cccc(OCc3ccccn3)c2)cs1. The van der Waals surface area contributed by atoms with E-state index in [1.807, 2.05) is 47.8 Å². The van der Waals surface area contributed by atoms with Crippen LogP contribution in [0.1, 0.15) is 28.9 Å². The molecule has 134 valence electrons. The molecule has 0 bridgehead atoms. The number of pyridine rings is 1. The Hall–Kier alpha value is -2.73. The first kappa shape index (κ1) is 18.1. The van der Waals surface area contributed by atoms with E-state index in [1.165, 1.54) is 0 Å². The first-order valence-electron chi connectivity index (χ1n) is 8.54. The van der Waals surface area contributed by atoms with Gasteiger partial charge in [-0.2, -0.15) is 0 Å². The fourth-order valence-corrected chi connectivity index (χ4v) is 3.15. The van der Waals surface area contributed by atoms with E-state index in [2.05, 4.69) is 22.2 Å². The zero-order valence-corrected chi connectivity index (χ0v) is 15.5. The number of nitrogens with one attached hydrogen (secondary N) is 1. The Morgan fingerprint density at radius 1 is 1.19 bits per heavy atom. The number of nitrogens with zero attached hydrogens (tertiary/aromatic N) is 2. The number of benzene rings is 1. The van der Waals surface area contributed by atoms with Crippen molar-refractivity contribution in [1.82, 2.24) is 15.3 Å². The van der Waals surface area contributed by atoms with Gasteiger partial charge in [0.1, 0.15) is 12.4 Å². The monoisotopic (exact) mass is 367 g/mol. The van der Waals surface area contributed by atoms with Gasteiger partial charge in [0.15, 0.2) is 0 Å². The number of ether oxygens (including phenoxy) is 1. The summed E-state index contributed by atoms with van der Waals surface area (Å²) in [6.45, 7) is 2.94. The molecular weight excluding hydrogens is 346 g/mol. The maximum absolute atomic E-state index is 12.1. The highest BCUT2D eigenvalue weighted by atomic mass is 32.1. The molecule has 1 N–H and O–H groups in total. The summed E-state index contributed by atoms with van der Waals surface area (Å²) in [6, 6.07) is 13.4. The van der Waals surface area contributed by atoms with Gasteiger partial charge in [-0.3, -0.25) is 9.78 Å². The van der Waals surface area contributed by atoms with E-state index in [9.17, 15) is 4.79 Å². The van der Waals surface area contributed by atoms with Crippen molar-refractivity contribution in [2.75, 3.05) is 0 Å². The molecule has 0 fully saturated rings. The van der Waals surface area contributed by atoms with Gasteiger partial charge in [-0.25, -0.2) is 4.98 Å². The van der Waals surface area contributed by atoms with Crippen molar-refractivity contribution in [3.05, 3.63) is 76.0 Å². The summed E-state index contributed by atoms with van der Waals surface area (Å²) in [7, 11) is 0. The molecule has 0 saturated heterocycles. The Kier molecular flexibility index (Phi) is 6.33. The molecule has 0 aliphatic rings. The Labute approximate surface area is 157 Å². The Morgan fingerprint density at radius 3 is 2.88 bits per heavy atom. The smallest absolute Gasteiger partial charge is 0.226 e. The first-order valence-corrected chi connectivity index (χ1v) is 9.42. The lowest BCUT2D eigenvalue weighted by molar-refractivity contribution is -0.120. The van der Waals surface area contributed by atoms with Gasteiger partial charge in [-0.05, 0) is 36.2 Å². The van der Waals surface area contributed by atoms with E-state index in [1.54, 1.807) is 17.5 Å². The maximum Gasteiger partial charge on any atom is 0.226 e. The molecule has 0 spiro atoms. The summed E-state index contributed by atoms with van der Waals surface area (Å²) in [5.41, 5.74) is 2.70. The molecule has 0 atom stereocenters. The summed E-state index contributed by atoms with van der Waals surface area (Å²) in [5, 5.41) is 5.94. The van der Waals surface area contributed by atoms with Crippen molar-refractivity contribution >= 4 is 17.2 Å². The van der Waals surface area contributed by atoms with Crippen molar-refractivity contribution in [1.29, 1.82) is 0 Å². The van der Waals surface area contributed by atoms with E-state index in [-0.39, 0.29) is 5.91 Å². The predicted molar refractivity (Wildman–Crippen MR) is 102 cm³/mol. The average Bonchev–Trinajstić information content (AvgIpc) is 3.13. The molecule has 1 aromatic carbocycles. The summed E-state index contributed by atoms with van der Waals surface area (Å²) in [6.07, 6.45) is 2.96. The van der Waals surface area contributed by atoms with Crippen LogP contribution in [0.25, 0.3) is 0 Å². The van der Waals surface area contributed by atoms with Gasteiger partial charge in [0, 0.05) is 18.1 Å². The molecule has 0 radical (unpaired) electrons. The molecule has 6 heteroatoms. The second kappa shape index (κ2) is 9.10. The largest absolute Gasteiger partial charge is 0.487 e. The van der Waals surface area contributed by atoms with E-state index in [4.69, 9.17) is 4.74 Å². The Morgan fingerprint density at radius 2 is 2.12 bits per heavy atom. The van der Waals surface area contributed by atoms with Gasteiger partial charge >= 0.3 is 0 Å². The molecular formula is C20H21N3O2S. The third-order valence-electron chi connectivity index (χ3n) is 3.74. The summed E-state index contributed by atoms with van der Waals surface area (Å²) < 4.78 is 5.77. The van der Waals surface area contributed by atoms with Crippen LogP contribution in [0.2, 0.25) is 0 Å². The molecule has 2 aromatic heterocycles. The third kappa shape index (κ3) is 5.39. The van der Waals surface area contributed by atoms with Crippen molar-refractivity contribution < 1.29 is 9.53 Å². The highest BCUT2D eigenvalue weighted by Gasteiger charge is 2.07.